The molecule has 5 heteroatoms. The number of nitrogens with zero attached hydrogens (tertiary/aromatic N) is 1. The van der Waals surface area contributed by atoms with Crippen molar-refractivity contribution < 1.29 is 4.79 Å². The Morgan fingerprint density at radius 1 is 1.13 bits per heavy atom. The number of halogens is 1. The van der Waals surface area contributed by atoms with E-state index in [1.54, 1.807) is 0 Å². The number of carbonyl (C=O) groups is 1. The van der Waals surface area contributed by atoms with Crippen molar-refractivity contribution in [2.24, 2.45) is 5.92 Å². The molecule has 2 aliphatic rings. The smallest absolute Gasteiger partial charge is 0.251 e. The fourth-order valence-corrected chi connectivity index (χ4v) is 5.21. The van der Waals surface area contributed by atoms with E-state index < -0.39 is 0 Å². The number of benzene rings is 2. The van der Waals surface area contributed by atoms with Crippen LogP contribution >= 0.6 is 11.6 Å². The standard InChI is InChI=1S/C26H30ClN3O/c1-17-2-8-24-22(14-17)23-15-19(5-9-25(23)29-24)26(31)28-21-10-12-30(13-11-21)16-18-3-6-20(27)7-4-18/h3-7,9,15,17,21,29H,2,8,10-14,16H2,1H3,(H,28,31). The molecule has 0 radical (unpaired) electrons. The summed E-state index contributed by atoms with van der Waals surface area (Å²) in [7, 11) is 0. The average molecular weight is 436 g/mol. The zero-order valence-corrected chi connectivity index (χ0v) is 18.8. The molecule has 162 valence electrons. The van der Waals surface area contributed by atoms with Crippen LogP contribution in [0.1, 0.15) is 53.4 Å². The van der Waals surface area contributed by atoms with Crippen LogP contribution in [0, 0.1) is 5.92 Å². The molecule has 1 unspecified atom stereocenters. The van der Waals surface area contributed by atoms with Gasteiger partial charge in [-0.15, -0.1) is 0 Å². The van der Waals surface area contributed by atoms with Crippen molar-refractivity contribution in [2.75, 3.05) is 13.1 Å². The molecule has 3 aromatic rings. The van der Waals surface area contributed by atoms with Gasteiger partial charge in [-0.25, -0.2) is 0 Å². The number of hydrogen-bond donors (Lipinski definition) is 2. The normalized spacial score (nSPS) is 20.0. The molecule has 31 heavy (non-hydrogen) atoms. The second-order valence-corrected chi connectivity index (χ2v) is 9.78. The van der Waals surface area contributed by atoms with Crippen LogP contribution in [0.3, 0.4) is 0 Å². The minimum Gasteiger partial charge on any atom is -0.358 e. The Morgan fingerprint density at radius 2 is 1.90 bits per heavy atom. The van der Waals surface area contributed by atoms with E-state index in [2.05, 4.69) is 46.4 Å². The zero-order valence-electron chi connectivity index (χ0n) is 18.1. The Hall–Kier alpha value is -2.30. The average Bonchev–Trinajstić information content (AvgIpc) is 3.14. The molecule has 1 aliphatic heterocycles. The summed E-state index contributed by atoms with van der Waals surface area (Å²) in [5.41, 5.74) is 5.99. The van der Waals surface area contributed by atoms with Crippen molar-refractivity contribution in [3.05, 3.63) is 69.9 Å². The lowest BCUT2D eigenvalue weighted by molar-refractivity contribution is 0.0909. The maximum Gasteiger partial charge on any atom is 0.251 e. The summed E-state index contributed by atoms with van der Waals surface area (Å²) < 4.78 is 0. The molecule has 0 spiro atoms. The number of rotatable bonds is 4. The van der Waals surface area contributed by atoms with Gasteiger partial charge in [0.05, 0.1) is 0 Å². The second-order valence-electron chi connectivity index (χ2n) is 9.34. The third kappa shape index (κ3) is 4.51. The number of piperidine rings is 1. The van der Waals surface area contributed by atoms with Gasteiger partial charge < -0.3 is 10.3 Å². The number of aromatic amines is 1. The van der Waals surface area contributed by atoms with Gasteiger partial charge >= 0.3 is 0 Å². The molecule has 2 aromatic carbocycles. The van der Waals surface area contributed by atoms with Crippen molar-refractivity contribution in [2.45, 2.75) is 51.6 Å². The summed E-state index contributed by atoms with van der Waals surface area (Å²) in [5.74, 6) is 0.763. The van der Waals surface area contributed by atoms with Crippen LogP contribution in [0.15, 0.2) is 42.5 Å². The van der Waals surface area contributed by atoms with Crippen LogP contribution in [0.4, 0.5) is 0 Å². The first-order valence-electron chi connectivity index (χ1n) is 11.5. The molecule has 1 saturated heterocycles. The van der Waals surface area contributed by atoms with Crippen LogP contribution in [0.25, 0.3) is 10.9 Å². The van der Waals surface area contributed by atoms with E-state index in [-0.39, 0.29) is 11.9 Å². The number of nitrogens with one attached hydrogen (secondary N) is 2. The number of carbonyl (C=O) groups excluding carboxylic acids is 1. The summed E-state index contributed by atoms with van der Waals surface area (Å²) >= 11 is 5.98. The fourth-order valence-electron chi connectivity index (χ4n) is 5.08. The fraction of sp³-hybridized carbons (Fsp3) is 0.423. The predicted octanol–water partition coefficient (Wildman–Crippen LogP) is 5.34. The Kier molecular flexibility index (Phi) is 5.77. The number of fused-ring (bicyclic) bond motifs is 3. The van der Waals surface area contributed by atoms with Crippen molar-refractivity contribution in [3.63, 3.8) is 0 Å². The van der Waals surface area contributed by atoms with E-state index in [0.29, 0.717) is 5.92 Å². The molecule has 1 amide bonds. The minimum atomic E-state index is 0.0526. The zero-order chi connectivity index (χ0) is 21.4. The van der Waals surface area contributed by atoms with Crippen molar-refractivity contribution in [3.8, 4) is 0 Å². The number of aromatic nitrogens is 1. The molecule has 0 bridgehead atoms. The van der Waals surface area contributed by atoms with Crippen molar-refractivity contribution >= 4 is 28.4 Å². The Balaban J connectivity index is 1.20. The Bertz CT molecular complexity index is 1080. The number of aryl methyl sites for hydroxylation is 1. The number of H-pyrrole nitrogens is 1. The van der Waals surface area contributed by atoms with Crippen molar-refractivity contribution in [1.29, 1.82) is 0 Å². The molecule has 4 nitrogen and oxygen atoms in total. The van der Waals surface area contributed by atoms with Crippen molar-refractivity contribution in [1.82, 2.24) is 15.2 Å². The SMILES string of the molecule is CC1CCc2[nH]c3ccc(C(=O)NC4CCN(Cc5ccc(Cl)cc5)CC4)cc3c2C1. The van der Waals surface area contributed by atoms with Gasteiger partial charge in [0.1, 0.15) is 0 Å². The molecular formula is C26H30ClN3O. The molecular weight excluding hydrogens is 406 g/mol. The molecule has 2 heterocycles. The third-order valence-electron chi connectivity index (χ3n) is 6.94. The van der Waals surface area contributed by atoms with E-state index >= 15 is 0 Å². The number of likely N-dealkylation sites (tertiary alicyclic amines) is 1. The van der Waals surface area contributed by atoms with Crippen LogP contribution in [-0.4, -0.2) is 34.9 Å². The lowest BCUT2D eigenvalue weighted by Gasteiger charge is -2.32. The van der Waals surface area contributed by atoms with E-state index in [4.69, 9.17) is 11.6 Å². The molecule has 1 aromatic heterocycles. The van der Waals surface area contributed by atoms with E-state index in [1.165, 1.54) is 28.6 Å². The van der Waals surface area contributed by atoms with Crippen LogP contribution < -0.4 is 5.32 Å². The monoisotopic (exact) mass is 435 g/mol. The first-order chi connectivity index (χ1) is 15.0. The van der Waals surface area contributed by atoms with Gasteiger partial charge in [-0.1, -0.05) is 30.7 Å². The maximum atomic E-state index is 13.0. The number of hydrogen-bond acceptors (Lipinski definition) is 2. The lowest BCUT2D eigenvalue weighted by atomic mass is 9.87. The first-order valence-corrected chi connectivity index (χ1v) is 11.8. The summed E-state index contributed by atoms with van der Waals surface area (Å²) in [6, 6.07) is 14.4. The topological polar surface area (TPSA) is 48.1 Å². The molecule has 5 rings (SSSR count). The summed E-state index contributed by atoms with van der Waals surface area (Å²) in [6.07, 6.45) is 5.43. The largest absolute Gasteiger partial charge is 0.358 e. The third-order valence-corrected chi connectivity index (χ3v) is 7.19. The van der Waals surface area contributed by atoms with Gasteiger partial charge in [0, 0.05) is 52.9 Å². The molecule has 2 N–H and O–H groups in total. The Labute approximate surface area is 189 Å². The minimum absolute atomic E-state index is 0.0526. The lowest BCUT2D eigenvalue weighted by Crippen LogP contribution is -2.44. The molecule has 1 fully saturated rings. The van der Waals surface area contributed by atoms with Gasteiger partial charge in [0.15, 0.2) is 0 Å². The number of amides is 1. The van der Waals surface area contributed by atoms with Crippen LogP contribution in [0.2, 0.25) is 5.02 Å². The van der Waals surface area contributed by atoms with E-state index in [0.717, 1.165) is 61.4 Å². The summed E-state index contributed by atoms with van der Waals surface area (Å²) in [5, 5.41) is 5.28. The molecule has 1 atom stereocenters. The van der Waals surface area contributed by atoms with Gasteiger partial charge in [-0.05, 0) is 79.5 Å². The highest BCUT2D eigenvalue weighted by atomic mass is 35.5. The van der Waals surface area contributed by atoms with Gasteiger partial charge in [-0.3, -0.25) is 9.69 Å². The highest BCUT2D eigenvalue weighted by Crippen LogP contribution is 2.32. The molecule has 1 aliphatic carbocycles. The highest BCUT2D eigenvalue weighted by Gasteiger charge is 2.23. The van der Waals surface area contributed by atoms with Gasteiger partial charge in [0.2, 0.25) is 0 Å². The quantitative estimate of drug-likeness (QED) is 0.581. The van der Waals surface area contributed by atoms with Crippen LogP contribution in [0.5, 0.6) is 0 Å². The highest BCUT2D eigenvalue weighted by molar-refractivity contribution is 6.30. The summed E-state index contributed by atoms with van der Waals surface area (Å²) in [6.45, 7) is 5.24. The van der Waals surface area contributed by atoms with E-state index in [9.17, 15) is 4.79 Å². The second kappa shape index (κ2) is 8.68. The van der Waals surface area contributed by atoms with Crippen LogP contribution in [-0.2, 0) is 19.4 Å². The van der Waals surface area contributed by atoms with E-state index in [1.807, 2.05) is 18.2 Å². The Morgan fingerprint density at radius 3 is 2.68 bits per heavy atom. The maximum absolute atomic E-state index is 13.0. The first kappa shape index (κ1) is 20.6. The predicted molar refractivity (Wildman–Crippen MR) is 127 cm³/mol. The molecule has 0 saturated carbocycles. The van der Waals surface area contributed by atoms with Gasteiger partial charge in [-0.2, -0.15) is 0 Å². The summed E-state index contributed by atoms with van der Waals surface area (Å²) in [4.78, 5) is 19.0. The van der Waals surface area contributed by atoms with Gasteiger partial charge in [0.25, 0.3) is 5.91 Å².